The molecule has 0 amide bonds. The molecule has 1 heteroatoms. The van der Waals surface area contributed by atoms with Crippen LogP contribution in [0.4, 0.5) is 0 Å². The van der Waals surface area contributed by atoms with Gasteiger partial charge in [-0.25, -0.2) is 0 Å². The second-order valence-corrected chi connectivity index (χ2v) is 5.52. The lowest BCUT2D eigenvalue weighted by Gasteiger charge is -2.16. The standard InChI is InChI=1S/C21H18O/c1-15-8-3-5-11-18(15)20-13-7-10-17(14-22)21(20)19-12-6-4-9-16(19)2/h3-14H,1-2H3. The summed E-state index contributed by atoms with van der Waals surface area (Å²) in [5.74, 6) is 0. The summed E-state index contributed by atoms with van der Waals surface area (Å²) in [5.41, 5.74) is 7.52. The highest BCUT2D eigenvalue weighted by Crippen LogP contribution is 2.37. The first-order valence-electron chi connectivity index (χ1n) is 7.42. The number of aldehydes is 1. The number of benzene rings is 3. The van der Waals surface area contributed by atoms with E-state index in [1.54, 1.807) is 0 Å². The van der Waals surface area contributed by atoms with E-state index in [9.17, 15) is 4.79 Å². The minimum atomic E-state index is 0.732. The van der Waals surface area contributed by atoms with Gasteiger partial charge >= 0.3 is 0 Å². The monoisotopic (exact) mass is 286 g/mol. The van der Waals surface area contributed by atoms with Gasteiger partial charge in [-0.1, -0.05) is 66.7 Å². The molecule has 0 atom stereocenters. The van der Waals surface area contributed by atoms with Crippen molar-refractivity contribution in [2.45, 2.75) is 13.8 Å². The molecule has 0 spiro atoms. The van der Waals surface area contributed by atoms with E-state index < -0.39 is 0 Å². The third kappa shape index (κ3) is 2.46. The highest BCUT2D eigenvalue weighted by Gasteiger charge is 2.14. The highest BCUT2D eigenvalue weighted by molar-refractivity contribution is 5.97. The van der Waals surface area contributed by atoms with Gasteiger partial charge in [0.1, 0.15) is 0 Å². The Morgan fingerprint density at radius 3 is 1.77 bits per heavy atom. The molecule has 0 aromatic heterocycles. The number of aryl methyl sites for hydroxylation is 2. The minimum Gasteiger partial charge on any atom is -0.298 e. The van der Waals surface area contributed by atoms with E-state index in [2.05, 4.69) is 44.2 Å². The van der Waals surface area contributed by atoms with Gasteiger partial charge in [-0.15, -0.1) is 0 Å². The molecule has 0 aliphatic carbocycles. The Morgan fingerprint density at radius 2 is 1.18 bits per heavy atom. The number of hydrogen-bond donors (Lipinski definition) is 0. The van der Waals surface area contributed by atoms with Gasteiger partial charge in [0.15, 0.2) is 6.29 Å². The first kappa shape index (κ1) is 14.3. The van der Waals surface area contributed by atoms with Gasteiger partial charge < -0.3 is 0 Å². The Kier molecular flexibility index (Phi) is 3.88. The maximum Gasteiger partial charge on any atom is 0.150 e. The van der Waals surface area contributed by atoms with Crippen LogP contribution >= 0.6 is 0 Å². The van der Waals surface area contributed by atoms with Crippen molar-refractivity contribution < 1.29 is 4.79 Å². The van der Waals surface area contributed by atoms with E-state index >= 15 is 0 Å². The Labute approximate surface area is 131 Å². The molecule has 0 radical (unpaired) electrons. The lowest BCUT2D eigenvalue weighted by molar-refractivity contribution is 0.112. The molecule has 108 valence electrons. The van der Waals surface area contributed by atoms with E-state index in [-0.39, 0.29) is 0 Å². The summed E-state index contributed by atoms with van der Waals surface area (Å²) in [4.78, 5) is 11.6. The van der Waals surface area contributed by atoms with E-state index in [1.165, 1.54) is 16.7 Å². The number of carbonyl (C=O) groups excluding carboxylic acids is 1. The SMILES string of the molecule is Cc1ccccc1-c1cccc(C=O)c1-c1ccccc1C. The Balaban J connectivity index is 2.36. The van der Waals surface area contributed by atoms with Crippen LogP contribution in [-0.4, -0.2) is 6.29 Å². The highest BCUT2D eigenvalue weighted by atomic mass is 16.1. The summed E-state index contributed by atoms with van der Waals surface area (Å²) < 4.78 is 0. The normalized spacial score (nSPS) is 10.5. The molecule has 3 aromatic rings. The van der Waals surface area contributed by atoms with Crippen molar-refractivity contribution in [2.24, 2.45) is 0 Å². The Bertz CT molecular complexity index is 831. The van der Waals surface area contributed by atoms with Crippen molar-refractivity contribution in [3.05, 3.63) is 83.4 Å². The predicted octanol–water partition coefficient (Wildman–Crippen LogP) is 5.45. The average molecular weight is 286 g/mol. The van der Waals surface area contributed by atoms with Crippen LogP contribution in [0.5, 0.6) is 0 Å². The van der Waals surface area contributed by atoms with E-state index in [4.69, 9.17) is 0 Å². The summed E-state index contributed by atoms with van der Waals surface area (Å²) in [7, 11) is 0. The van der Waals surface area contributed by atoms with Crippen molar-refractivity contribution in [1.29, 1.82) is 0 Å². The summed E-state index contributed by atoms with van der Waals surface area (Å²) in [5, 5.41) is 0. The zero-order valence-electron chi connectivity index (χ0n) is 12.8. The molecule has 0 unspecified atom stereocenters. The molecule has 0 saturated heterocycles. The van der Waals surface area contributed by atoms with Gasteiger partial charge in [0.2, 0.25) is 0 Å². The fourth-order valence-corrected chi connectivity index (χ4v) is 2.92. The molecule has 3 aromatic carbocycles. The Hall–Kier alpha value is -2.67. The van der Waals surface area contributed by atoms with Crippen molar-refractivity contribution >= 4 is 6.29 Å². The van der Waals surface area contributed by atoms with Crippen molar-refractivity contribution in [3.8, 4) is 22.3 Å². The van der Waals surface area contributed by atoms with Crippen LogP contribution in [0.25, 0.3) is 22.3 Å². The molecule has 0 aliphatic heterocycles. The smallest absolute Gasteiger partial charge is 0.150 e. The van der Waals surface area contributed by atoms with Crippen LogP contribution in [0, 0.1) is 13.8 Å². The fraction of sp³-hybridized carbons (Fsp3) is 0.0952. The fourth-order valence-electron chi connectivity index (χ4n) is 2.92. The lowest BCUT2D eigenvalue weighted by Crippen LogP contribution is -1.95. The third-order valence-corrected chi connectivity index (χ3v) is 4.07. The second-order valence-electron chi connectivity index (χ2n) is 5.52. The summed E-state index contributed by atoms with van der Waals surface area (Å²) in [6.45, 7) is 4.18. The van der Waals surface area contributed by atoms with Gasteiger partial charge in [0.25, 0.3) is 0 Å². The molecule has 0 heterocycles. The summed E-state index contributed by atoms with van der Waals surface area (Å²) >= 11 is 0. The van der Waals surface area contributed by atoms with Gasteiger partial charge in [0.05, 0.1) is 0 Å². The first-order chi connectivity index (χ1) is 10.7. The van der Waals surface area contributed by atoms with Crippen LogP contribution < -0.4 is 0 Å². The number of rotatable bonds is 3. The van der Waals surface area contributed by atoms with E-state index in [0.29, 0.717) is 0 Å². The van der Waals surface area contributed by atoms with Crippen LogP contribution in [0.15, 0.2) is 66.7 Å². The molecule has 0 aliphatic rings. The Morgan fingerprint density at radius 1 is 0.636 bits per heavy atom. The maximum absolute atomic E-state index is 11.6. The zero-order valence-corrected chi connectivity index (χ0v) is 12.8. The summed E-state index contributed by atoms with van der Waals surface area (Å²) in [6.07, 6.45) is 0.948. The molecule has 0 saturated carbocycles. The van der Waals surface area contributed by atoms with Gasteiger partial charge in [-0.2, -0.15) is 0 Å². The minimum absolute atomic E-state index is 0.732. The molecule has 0 N–H and O–H groups in total. The molecule has 3 rings (SSSR count). The van der Waals surface area contributed by atoms with Crippen molar-refractivity contribution in [2.75, 3.05) is 0 Å². The number of hydrogen-bond acceptors (Lipinski definition) is 1. The van der Waals surface area contributed by atoms with Crippen molar-refractivity contribution in [3.63, 3.8) is 0 Å². The molecule has 0 bridgehead atoms. The van der Waals surface area contributed by atoms with Gasteiger partial charge in [-0.05, 0) is 41.7 Å². The van der Waals surface area contributed by atoms with E-state index in [0.717, 1.165) is 28.5 Å². The third-order valence-electron chi connectivity index (χ3n) is 4.07. The first-order valence-corrected chi connectivity index (χ1v) is 7.42. The van der Waals surface area contributed by atoms with Gasteiger partial charge in [0, 0.05) is 11.1 Å². The second kappa shape index (κ2) is 5.98. The predicted molar refractivity (Wildman–Crippen MR) is 92.2 cm³/mol. The summed E-state index contributed by atoms with van der Waals surface area (Å²) in [6, 6.07) is 22.4. The van der Waals surface area contributed by atoms with Crippen LogP contribution in [0.1, 0.15) is 21.5 Å². The maximum atomic E-state index is 11.6. The topological polar surface area (TPSA) is 17.1 Å². The quantitative estimate of drug-likeness (QED) is 0.585. The average Bonchev–Trinajstić information content (AvgIpc) is 2.55. The molecule has 0 fully saturated rings. The molecule has 22 heavy (non-hydrogen) atoms. The van der Waals surface area contributed by atoms with Crippen LogP contribution in [0.3, 0.4) is 0 Å². The molecular formula is C21H18O. The largest absolute Gasteiger partial charge is 0.298 e. The lowest BCUT2D eigenvalue weighted by atomic mass is 9.87. The number of carbonyl (C=O) groups is 1. The van der Waals surface area contributed by atoms with E-state index in [1.807, 2.05) is 36.4 Å². The zero-order chi connectivity index (χ0) is 15.5. The molecule has 1 nitrogen and oxygen atoms in total. The van der Waals surface area contributed by atoms with Gasteiger partial charge in [-0.3, -0.25) is 4.79 Å². The van der Waals surface area contributed by atoms with Crippen LogP contribution in [-0.2, 0) is 0 Å². The van der Waals surface area contributed by atoms with Crippen molar-refractivity contribution in [1.82, 2.24) is 0 Å². The molecular weight excluding hydrogens is 268 g/mol. The van der Waals surface area contributed by atoms with Crippen LogP contribution in [0.2, 0.25) is 0 Å².